The van der Waals surface area contributed by atoms with E-state index in [1.165, 1.54) is 6.07 Å². The zero-order chi connectivity index (χ0) is 13.8. The number of ether oxygens (including phenoxy) is 1. The lowest BCUT2D eigenvalue weighted by Crippen LogP contribution is -2.41. The number of nitrogens with one attached hydrogen (secondary N) is 1. The van der Waals surface area contributed by atoms with Gasteiger partial charge in [0.15, 0.2) is 6.10 Å². The smallest absolute Gasteiger partial charge is 0.260 e. The third kappa shape index (κ3) is 3.93. The van der Waals surface area contributed by atoms with E-state index in [0.29, 0.717) is 10.2 Å². The molecule has 0 radical (unpaired) electrons. The van der Waals surface area contributed by atoms with Crippen molar-refractivity contribution >= 4 is 21.8 Å². The highest BCUT2D eigenvalue weighted by molar-refractivity contribution is 9.10. The van der Waals surface area contributed by atoms with Crippen LogP contribution < -0.4 is 10.1 Å². The number of hydrogen-bond acceptors (Lipinski definition) is 2. The predicted molar refractivity (Wildman–Crippen MR) is 74.6 cm³/mol. The molecule has 1 fully saturated rings. The van der Waals surface area contributed by atoms with Crippen LogP contribution in [0, 0.1) is 5.82 Å². The molecule has 1 unspecified atom stereocenters. The number of hydrogen-bond donors (Lipinski definition) is 1. The highest BCUT2D eigenvalue weighted by Crippen LogP contribution is 2.22. The summed E-state index contributed by atoms with van der Waals surface area (Å²) >= 11 is 3.07. The summed E-state index contributed by atoms with van der Waals surface area (Å²) in [6.07, 6.45) is 3.77. The van der Waals surface area contributed by atoms with Crippen LogP contribution in [0.1, 0.15) is 32.6 Å². The number of halogens is 2. The van der Waals surface area contributed by atoms with Crippen molar-refractivity contribution in [1.82, 2.24) is 5.32 Å². The van der Waals surface area contributed by atoms with Crippen molar-refractivity contribution in [2.45, 2.75) is 44.8 Å². The Hall–Kier alpha value is -1.10. The lowest BCUT2D eigenvalue weighted by molar-refractivity contribution is -0.127. The van der Waals surface area contributed by atoms with Crippen LogP contribution in [-0.2, 0) is 4.79 Å². The molecule has 1 aromatic rings. The fourth-order valence-electron chi connectivity index (χ4n) is 2.20. The number of benzene rings is 1. The Kier molecular flexibility index (Phi) is 4.80. The molecule has 1 saturated carbocycles. The fraction of sp³-hybridized carbons (Fsp3) is 0.500. The van der Waals surface area contributed by atoms with Gasteiger partial charge in [0.05, 0.1) is 4.47 Å². The zero-order valence-electron chi connectivity index (χ0n) is 10.8. The Balaban J connectivity index is 1.90. The molecule has 0 heterocycles. The highest BCUT2D eigenvalue weighted by atomic mass is 79.9. The Morgan fingerprint density at radius 1 is 1.47 bits per heavy atom. The third-order valence-electron chi connectivity index (χ3n) is 3.27. The van der Waals surface area contributed by atoms with Crippen LogP contribution in [-0.4, -0.2) is 18.1 Å². The molecule has 19 heavy (non-hydrogen) atoms. The van der Waals surface area contributed by atoms with E-state index in [-0.39, 0.29) is 11.9 Å². The van der Waals surface area contributed by atoms with E-state index in [2.05, 4.69) is 21.2 Å². The minimum atomic E-state index is -0.624. The van der Waals surface area contributed by atoms with E-state index < -0.39 is 11.9 Å². The Labute approximate surface area is 120 Å². The number of rotatable bonds is 4. The summed E-state index contributed by atoms with van der Waals surface area (Å²) in [6, 6.07) is 4.72. The van der Waals surface area contributed by atoms with Crippen LogP contribution in [0.5, 0.6) is 5.75 Å². The normalized spacial score (nSPS) is 17.2. The zero-order valence-corrected chi connectivity index (χ0v) is 12.4. The molecule has 104 valence electrons. The molecule has 1 amide bonds. The van der Waals surface area contributed by atoms with Crippen molar-refractivity contribution in [1.29, 1.82) is 0 Å². The topological polar surface area (TPSA) is 38.3 Å². The maximum absolute atomic E-state index is 13.3. The Morgan fingerprint density at radius 3 is 2.79 bits per heavy atom. The van der Waals surface area contributed by atoms with Gasteiger partial charge in [-0.05, 0) is 47.8 Å². The molecule has 0 bridgehead atoms. The number of amides is 1. The maximum atomic E-state index is 13.3. The fourth-order valence-corrected chi connectivity index (χ4v) is 2.44. The lowest BCUT2D eigenvalue weighted by Gasteiger charge is -2.18. The third-order valence-corrected chi connectivity index (χ3v) is 3.92. The predicted octanol–water partition coefficient (Wildman–Crippen LogP) is 3.41. The molecule has 0 spiro atoms. The van der Waals surface area contributed by atoms with Gasteiger partial charge in [-0.1, -0.05) is 12.8 Å². The molecule has 0 aliphatic heterocycles. The summed E-state index contributed by atoms with van der Waals surface area (Å²) in [5.74, 6) is -0.189. The number of carbonyl (C=O) groups is 1. The van der Waals surface area contributed by atoms with Crippen LogP contribution >= 0.6 is 15.9 Å². The SMILES string of the molecule is CC(Oc1ccc(Br)c(F)c1)C(=O)NC1CCCC1. The van der Waals surface area contributed by atoms with E-state index in [0.717, 1.165) is 25.7 Å². The van der Waals surface area contributed by atoms with Gasteiger partial charge >= 0.3 is 0 Å². The molecule has 5 heteroatoms. The lowest BCUT2D eigenvalue weighted by atomic mass is 10.2. The van der Waals surface area contributed by atoms with E-state index in [9.17, 15) is 9.18 Å². The maximum Gasteiger partial charge on any atom is 0.260 e. The van der Waals surface area contributed by atoms with E-state index >= 15 is 0 Å². The van der Waals surface area contributed by atoms with Crippen LogP contribution in [0.2, 0.25) is 0 Å². The van der Waals surface area contributed by atoms with Crippen LogP contribution in [0.4, 0.5) is 4.39 Å². The van der Waals surface area contributed by atoms with Crippen LogP contribution in [0.25, 0.3) is 0 Å². The summed E-state index contributed by atoms with van der Waals surface area (Å²) in [5, 5.41) is 2.96. The van der Waals surface area contributed by atoms with Gasteiger partial charge in [-0.3, -0.25) is 4.79 Å². The van der Waals surface area contributed by atoms with Gasteiger partial charge in [0, 0.05) is 12.1 Å². The first-order valence-corrected chi connectivity index (χ1v) is 7.27. The summed E-state index contributed by atoms with van der Waals surface area (Å²) in [5.41, 5.74) is 0. The second-order valence-corrected chi connectivity index (χ2v) is 5.68. The van der Waals surface area contributed by atoms with Crippen LogP contribution in [0.3, 0.4) is 0 Å². The van der Waals surface area contributed by atoms with Crippen molar-refractivity contribution in [3.8, 4) is 5.75 Å². The Bertz CT molecular complexity index is 461. The van der Waals surface area contributed by atoms with Gasteiger partial charge in [-0.2, -0.15) is 0 Å². The summed E-state index contributed by atoms with van der Waals surface area (Å²) in [7, 11) is 0. The van der Waals surface area contributed by atoms with Crippen LogP contribution in [0.15, 0.2) is 22.7 Å². The monoisotopic (exact) mass is 329 g/mol. The summed E-state index contributed by atoms with van der Waals surface area (Å²) in [6.45, 7) is 1.67. The molecule has 1 N–H and O–H groups in total. The minimum Gasteiger partial charge on any atom is -0.481 e. The van der Waals surface area contributed by atoms with Gasteiger partial charge in [-0.15, -0.1) is 0 Å². The highest BCUT2D eigenvalue weighted by Gasteiger charge is 2.21. The molecule has 2 rings (SSSR count). The first kappa shape index (κ1) is 14.3. The molecule has 3 nitrogen and oxygen atoms in total. The molecular weight excluding hydrogens is 313 g/mol. The average molecular weight is 330 g/mol. The second-order valence-electron chi connectivity index (χ2n) is 4.83. The molecule has 1 aliphatic carbocycles. The van der Waals surface area contributed by atoms with E-state index in [1.54, 1.807) is 19.1 Å². The molecule has 0 saturated heterocycles. The first-order chi connectivity index (χ1) is 9.06. The van der Waals surface area contributed by atoms with Crippen molar-refractivity contribution in [2.75, 3.05) is 0 Å². The molecule has 1 aliphatic rings. The van der Waals surface area contributed by atoms with Crippen molar-refractivity contribution in [3.05, 3.63) is 28.5 Å². The van der Waals surface area contributed by atoms with Gasteiger partial charge in [0.25, 0.3) is 5.91 Å². The largest absolute Gasteiger partial charge is 0.481 e. The standard InChI is InChI=1S/C14H17BrFNO2/c1-9(14(18)17-10-4-2-3-5-10)19-11-6-7-12(15)13(16)8-11/h6-10H,2-5H2,1H3,(H,17,18). The molecule has 0 aromatic heterocycles. The number of carbonyl (C=O) groups excluding carboxylic acids is 1. The molecular formula is C14H17BrFNO2. The quantitative estimate of drug-likeness (QED) is 0.919. The van der Waals surface area contributed by atoms with Crippen molar-refractivity contribution < 1.29 is 13.9 Å². The molecule has 1 aromatic carbocycles. The second kappa shape index (κ2) is 6.37. The van der Waals surface area contributed by atoms with Crippen molar-refractivity contribution in [2.24, 2.45) is 0 Å². The average Bonchev–Trinajstić information content (AvgIpc) is 2.86. The summed E-state index contributed by atoms with van der Waals surface area (Å²) < 4.78 is 19.2. The van der Waals surface area contributed by atoms with Gasteiger partial charge in [-0.25, -0.2) is 4.39 Å². The minimum absolute atomic E-state index is 0.143. The van der Waals surface area contributed by atoms with E-state index in [1.807, 2.05) is 0 Å². The Morgan fingerprint density at radius 2 is 2.16 bits per heavy atom. The van der Waals surface area contributed by atoms with Gasteiger partial charge < -0.3 is 10.1 Å². The van der Waals surface area contributed by atoms with Gasteiger partial charge in [0.2, 0.25) is 0 Å². The first-order valence-electron chi connectivity index (χ1n) is 6.48. The molecule has 1 atom stereocenters. The van der Waals surface area contributed by atoms with E-state index in [4.69, 9.17) is 4.74 Å². The van der Waals surface area contributed by atoms with Gasteiger partial charge in [0.1, 0.15) is 11.6 Å². The van der Waals surface area contributed by atoms with Crippen molar-refractivity contribution in [3.63, 3.8) is 0 Å². The summed E-state index contributed by atoms with van der Waals surface area (Å²) in [4.78, 5) is 11.9.